The van der Waals surface area contributed by atoms with E-state index in [0.29, 0.717) is 0 Å². The van der Waals surface area contributed by atoms with Gasteiger partial charge in [0.25, 0.3) is 0 Å². The largest absolute Gasteiger partial charge is 2.00 e. The standard InChI is InChI=1S/C8H8N2S4.Ni/c11-7(12)9-10(8(13)14)6-4-2-1-3-5-6;/h1-5H,(H,13,14)(H2,9,11,12);/q;+2/p-2. The van der Waals surface area contributed by atoms with Gasteiger partial charge in [-0.3, -0.25) is 5.01 Å². The van der Waals surface area contributed by atoms with Gasteiger partial charge in [-0.15, -0.1) is 0 Å². The molecule has 0 unspecified atom stereocenters. The zero-order chi connectivity index (χ0) is 10.6. The van der Waals surface area contributed by atoms with Crippen LogP contribution in [0.3, 0.4) is 0 Å². The SMILES string of the molecule is S=C([S-])NN(C(=S)[S-])c1ccccc1.[Ni+2]. The van der Waals surface area contributed by atoms with Crippen molar-refractivity contribution in [3.05, 3.63) is 30.3 Å². The second-order valence-corrected chi connectivity index (χ2v) is 4.44. The average Bonchev–Trinajstić information content (AvgIpc) is 2.15. The van der Waals surface area contributed by atoms with Gasteiger partial charge >= 0.3 is 16.5 Å². The number of anilines is 1. The van der Waals surface area contributed by atoms with Gasteiger partial charge in [0.05, 0.1) is 5.69 Å². The molecule has 0 aromatic heterocycles. The average molecular weight is 317 g/mol. The minimum Gasteiger partial charge on any atom is -0.410 e. The van der Waals surface area contributed by atoms with Crippen molar-refractivity contribution in [2.24, 2.45) is 0 Å². The summed E-state index contributed by atoms with van der Waals surface area (Å²) >= 11 is 19.3. The van der Waals surface area contributed by atoms with Gasteiger partial charge in [-0.1, -0.05) is 18.2 Å². The summed E-state index contributed by atoms with van der Waals surface area (Å²) in [7, 11) is 0. The van der Waals surface area contributed by atoms with Crippen molar-refractivity contribution in [3.63, 3.8) is 0 Å². The van der Waals surface area contributed by atoms with E-state index in [1.165, 1.54) is 5.01 Å². The second-order valence-electron chi connectivity index (χ2n) is 2.34. The number of thiocarbonyl (C=S) groups is 2. The number of hydrazine groups is 1. The summed E-state index contributed by atoms with van der Waals surface area (Å²) in [5.41, 5.74) is 3.55. The van der Waals surface area contributed by atoms with Gasteiger partial charge in [0.2, 0.25) is 0 Å². The third kappa shape index (κ3) is 4.99. The molecule has 15 heavy (non-hydrogen) atoms. The van der Waals surface area contributed by atoms with Crippen molar-refractivity contribution in [1.82, 2.24) is 5.43 Å². The Morgan fingerprint density at radius 1 is 1.13 bits per heavy atom. The van der Waals surface area contributed by atoms with E-state index < -0.39 is 0 Å². The van der Waals surface area contributed by atoms with Crippen molar-refractivity contribution in [3.8, 4) is 0 Å². The monoisotopic (exact) mass is 316 g/mol. The normalized spacial score (nSPS) is 8.53. The maximum atomic E-state index is 4.89. The molecule has 1 aromatic carbocycles. The Kier molecular flexibility index (Phi) is 7.21. The van der Waals surface area contributed by atoms with Crippen LogP contribution in [0.5, 0.6) is 0 Å². The molecule has 7 heteroatoms. The van der Waals surface area contributed by atoms with Crippen LogP contribution in [0.25, 0.3) is 0 Å². The maximum absolute atomic E-state index is 4.89. The first kappa shape index (κ1) is 14.9. The molecule has 0 fully saturated rings. The molecule has 82 valence electrons. The van der Waals surface area contributed by atoms with E-state index in [4.69, 9.17) is 49.7 Å². The topological polar surface area (TPSA) is 15.3 Å². The van der Waals surface area contributed by atoms with Crippen molar-refractivity contribution < 1.29 is 16.5 Å². The Morgan fingerprint density at radius 3 is 2.07 bits per heavy atom. The second kappa shape index (κ2) is 7.25. The van der Waals surface area contributed by atoms with Crippen LogP contribution >= 0.6 is 24.4 Å². The molecule has 2 nitrogen and oxygen atoms in total. The van der Waals surface area contributed by atoms with Crippen molar-refractivity contribution >= 4 is 64.0 Å². The van der Waals surface area contributed by atoms with E-state index in [1.54, 1.807) is 0 Å². The van der Waals surface area contributed by atoms with Gasteiger partial charge < -0.3 is 55.1 Å². The zero-order valence-corrected chi connectivity index (χ0v) is 11.5. The summed E-state index contributed by atoms with van der Waals surface area (Å²) in [6, 6.07) is 9.38. The van der Waals surface area contributed by atoms with E-state index >= 15 is 0 Å². The fourth-order valence-electron chi connectivity index (χ4n) is 0.884. The molecule has 0 saturated carbocycles. The van der Waals surface area contributed by atoms with Crippen LogP contribution < -0.4 is 10.4 Å². The number of hydrogen-bond acceptors (Lipinski definition) is 4. The molecule has 0 amide bonds. The molecule has 1 N–H and O–H groups in total. The predicted molar refractivity (Wildman–Crippen MR) is 72.0 cm³/mol. The molecule has 0 saturated heterocycles. The molecule has 0 heterocycles. The molecular formula is C8H6N2NiS4. The smallest absolute Gasteiger partial charge is 0.410 e. The predicted octanol–water partition coefficient (Wildman–Crippen LogP) is 1.66. The first-order chi connectivity index (χ1) is 6.61. The van der Waals surface area contributed by atoms with Gasteiger partial charge in [-0.25, -0.2) is 0 Å². The molecule has 0 atom stereocenters. The van der Waals surface area contributed by atoms with Gasteiger partial charge in [0, 0.05) is 0 Å². The summed E-state index contributed by atoms with van der Waals surface area (Å²) in [4.78, 5) is 0. The number of nitrogens with zero attached hydrogens (tertiary/aromatic N) is 1. The van der Waals surface area contributed by atoms with Crippen molar-refractivity contribution in [2.75, 3.05) is 5.01 Å². The summed E-state index contributed by atoms with van der Waals surface area (Å²) in [5, 5.41) is 1.50. The number of rotatable bonds is 1. The summed E-state index contributed by atoms with van der Waals surface area (Å²) < 4.78 is 0.462. The first-order valence-corrected chi connectivity index (χ1v) is 5.28. The minimum atomic E-state index is 0. The fourth-order valence-corrected chi connectivity index (χ4v) is 1.37. The van der Waals surface area contributed by atoms with Crippen LogP contribution in [-0.2, 0) is 41.7 Å². The van der Waals surface area contributed by atoms with Crippen LogP contribution in [0.15, 0.2) is 30.3 Å². The summed E-state index contributed by atoms with van der Waals surface area (Å²) in [6.45, 7) is 0. The third-order valence-electron chi connectivity index (χ3n) is 1.40. The summed E-state index contributed by atoms with van der Waals surface area (Å²) in [6.07, 6.45) is 0. The Labute approximate surface area is 121 Å². The summed E-state index contributed by atoms with van der Waals surface area (Å²) in [5.74, 6) is 0. The Hall–Kier alpha value is -0.0665. The molecule has 1 aromatic rings. The minimum absolute atomic E-state index is 0. The Morgan fingerprint density at radius 2 is 1.67 bits per heavy atom. The van der Waals surface area contributed by atoms with Crippen LogP contribution in [0, 0.1) is 0 Å². The Bertz CT molecular complexity index is 344. The molecule has 0 bridgehead atoms. The molecule has 0 aliphatic rings. The number of hydrogen-bond donors (Lipinski definition) is 1. The van der Waals surface area contributed by atoms with Crippen LogP contribution in [0.2, 0.25) is 0 Å². The van der Waals surface area contributed by atoms with Crippen LogP contribution in [0.1, 0.15) is 0 Å². The molecule has 1 rings (SSSR count). The zero-order valence-electron chi connectivity index (χ0n) is 7.28. The molecule has 0 aliphatic carbocycles. The molecule has 0 spiro atoms. The van der Waals surface area contributed by atoms with E-state index in [2.05, 4.69) is 5.43 Å². The molecular weight excluding hydrogens is 311 g/mol. The fraction of sp³-hybridized carbons (Fsp3) is 0. The van der Waals surface area contributed by atoms with Gasteiger partial charge in [-0.05, 0) is 20.8 Å². The van der Waals surface area contributed by atoms with E-state index in [-0.39, 0.29) is 25.1 Å². The molecule has 0 aliphatic heterocycles. The number of para-hydroxylation sites is 1. The number of benzene rings is 1. The quantitative estimate of drug-likeness (QED) is 0.364. The number of nitrogens with one attached hydrogen (secondary N) is 1. The first-order valence-electron chi connectivity index (χ1n) is 3.65. The van der Waals surface area contributed by atoms with Gasteiger partial charge in [-0.2, -0.15) is 0 Å². The van der Waals surface area contributed by atoms with Crippen molar-refractivity contribution in [1.29, 1.82) is 0 Å². The van der Waals surface area contributed by atoms with Gasteiger partial charge in [0.15, 0.2) is 0 Å². The van der Waals surface area contributed by atoms with E-state index in [9.17, 15) is 0 Å². The van der Waals surface area contributed by atoms with E-state index in [1.807, 2.05) is 30.3 Å². The third-order valence-corrected chi connectivity index (χ3v) is 1.95. The Balaban J connectivity index is 0.00000196. The van der Waals surface area contributed by atoms with Gasteiger partial charge in [0.1, 0.15) is 0 Å². The van der Waals surface area contributed by atoms with Crippen LogP contribution in [0.4, 0.5) is 5.69 Å². The van der Waals surface area contributed by atoms with E-state index in [0.717, 1.165) is 5.69 Å². The maximum Gasteiger partial charge on any atom is 2.00 e. The molecule has 0 radical (unpaired) electrons. The van der Waals surface area contributed by atoms with Crippen LogP contribution in [-0.4, -0.2) is 8.64 Å². The van der Waals surface area contributed by atoms with Crippen molar-refractivity contribution in [2.45, 2.75) is 0 Å².